The molecule has 3 amide bonds. The smallest absolute Gasteiger partial charge is 0.319 e. The number of carbonyl (C=O) groups is 2. The molecule has 1 heterocycles. The molecular weight excluding hydrogens is 346 g/mol. The number of rotatable bonds is 5. The molecule has 27 heavy (non-hydrogen) atoms. The average Bonchev–Trinajstić information content (AvgIpc) is 3.02. The number of nitrogens with zero attached hydrogens (tertiary/aromatic N) is 1. The topological polar surface area (TPSA) is 79.9 Å². The first-order valence-electron chi connectivity index (χ1n) is 8.66. The number of ether oxygens (including phenoxy) is 2. The summed E-state index contributed by atoms with van der Waals surface area (Å²) in [5.41, 5.74) is 2.54. The van der Waals surface area contributed by atoms with Gasteiger partial charge in [0.15, 0.2) is 11.5 Å². The maximum atomic E-state index is 12.4. The number of carbonyl (C=O) groups excluding carboxylic acids is 2. The largest absolute Gasteiger partial charge is 0.493 e. The van der Waals surface area contributed by atoms with E-state index in [9.17, 15) is 9.59 Å². The zero-order valence-electron chi connectivity index (χ0n) is 15.6. The van der Waals surface area contributed by atoms with Crippen molar-refractivity contribution >= 4 is 23.3 Å². The van der Waals surface area contributed by atoms with Gasteiger partial charge in [-0.05, 0) is 31.2 Å². The number of amides is 3. The van der Waals surface area contributed by atoms with E-state index in [1.54, 1.807) is 37.3 Å². The Balaban J connectivity index is 1.63. The number of urea groups is 1. The third kappa shape index (κ3) is 4.31. The van der Waals surface area contributed by atoms with Gasteiger partial charge in [-0.1, -0.05) is 17.7 Å². The van der Waals surface area contributed by atoms with Crippen LogP contribution in [-0.4, -0.2) is 38.7 Å². The summed E-state index contributed by atoms with van der Waals surface area (Å²) >= 11 is 0. The number of hydrogen-bond acceptors (Lipinski definition) is 4. The lowest BCUT2D eigenvalue weighted by Gasteiger charge is -2.19. The Morgan fingerprint density at radius 1 is 1.07 bits per heavy atom. The zero-order valence-corrected chi connectivity index (χ0v) is 15.6. The predicted octanol–water partition coefficient (Wildman–Crippen LogP) is 2.94. The average molecular weight is 369 g/mol. The van der Waals surface area contributed by atoms with Gasteiger partial charge in [0.25, 0.3) is 0 Å². The van der Waals surface area contributed by atoms with Gasteiger partial charge < -0.3 is 25.0 Å². The first kappa shape index (κ1) is 18.6. The summed E-state index contributed by atoms with van der Waals surface area (Å²) < 4.78 is 10.5. The molecule has 2 aromatic rings. The fraction of sp³-hybridized carbons (Fsp3) is 0.300. The minimum atomic E-state index is -0.328. The monoisotopic (exact) mass is 369 g/mol. The van der Waals surface area contributed by atoms with Crippen molar-refractivity contribution in [2.24, 2.45) is 0 Å². The van der Waals surface area contributed by atoms with Crippen LogP contribution < -0.4 is 25.0 Å². The lowest BCUT2D eigenvalue weighted by atomic mass is 10.2. The van der Waals surface area contributed by atoms with E-state index in [0.29, 0.717) is 29.4 Å². The third-order valence-electron chi connectivity index (χ3n) is 4.45. The van der Waals surface area contributed by atoms with Crippen LogP contribution in [0.25, 0.3) is 0 Å². The van der Waals surface area contributed by atoms with Crippen molar-refractivity contribution in [3.05, 3.63) is 48.0 Å². The Hall–Kier alpha value is -3.22. The molecule has 0 spiro atoms. The van der Waals surface area contributed by atoms with Gasteiger partial charge in [0.2, 0.25) is 5.91 Å². The van der Waals surface area contributed by atoms with Crippen LogP contribution in [0.2, 0.25) is 0 Å². The van der Waals surface area contributed by atoms with Crippen molar-refractivity contribution in [1.82, 2.24) is 5.32 Å². The van der Waals surface area contributed by atoms with Gasteiger partial charge in [0.1, 0.15) is 0 Å². The van der Waals surface area contributed by atoms with Crippen LogP contribution in [0.5, 0.6) is 11.5 Å². The summed E-state index contributed by atoms with van der Waals surface area (Å²) in [6.07, 6.45) is 0.246. The molecule has 0 radical (unpaired) electrons. The van der Waals surface area contributed by atoms with E-state index < -0.39 is 0 Å². The number of methoxy groups -OCH3 is 2. The van der Waals surface area contributed by atoms with E-state index in [4.69, 9.17) is 9.47 Å². The lowest BCUT2D eigenvalue weighted by Crippen LogP contribution is -2.39. The Morgan fingerprint density at radius 2 is 1.78 bits per heavy atom. The van der Waals surface area contributed by atoms with Gasteiger partial charge in [0, 0.05) is 30.4 Å². The van der Waals surface area contributed by atoms with Crippen LogP contribution in [0, 0.1) is 6.92 Å². The number of aryl methyl sites for hydroxylation is 1. The van der Waals surface area contributed by atoms with Gasteiger partial charge in [-0.2, -0.15) is 0 Å². The normalized spacial score (nSPS) is 16.2. The maximum Gasteiger partial charge on any atom is 0.319 e. The van der Waals surface area contributed by atoms with E-state index >= 15 is 0 Å². The Labute approximate surface area is 158 Å². The summed E-state index contributed by atoms with van der Waals surface area (Å²) in [6, 6.07) is 12.2. The first-order valence-corrected chi connectivity index (χ1v) is 8.66. The van der Waals surface area contributed by atoms with E-state index in [-0.39, 0.29) is 24.4 Å². The highest BCUT2D eigenvalue weighted by molar-refractivity contribution is 5.98. The fourth-order valence-electron chi connectivity index (χ4n) is 3.04. The molecule has 142 valence electrons. The van der Waals surface area contributed by atoms with Crippen LogP contribution in [0.3, 0.4) is 0 Å². The minimum Gasteiger partial charge on any atom is -0.493 e. The highest BCUT2D eigenvalue weighted by Gasteiger charge is 2.32. The van der Waals surface area contributed by atoms with Gasteiger partial charge in [-0.15, -0.1) is 0 Å². The summed E-state index contributed by atoms with van der Waals surface area (Å²) in [5.74, 6) is 1.10. The second-order valence-electron chi connectivity index (χ2n) is 6.41. The number of benzene rings is 2. The van der Waals surface area contributed by atoms with Crippen molar-refractivity contribution in [1.29, 1.82) is 0 Å². The fourth-order valence-corrected chi connectivity index (χ4v) is 3.04. The molecule has 0 aliphatic carbocycles. The second-order valence-corrected chi connectivity index (χ2v) is 6.41. The van der Waals surface area contributed by atoms with E-state index in [0.717, 1.165) is 5.56 Å². The van der Waals surface area contributed by atoms with Crippen molar-refractivity contribution in [2.75, 3.05) is 31.0 Å². The predicted molar refractivity (Wildman–Crippen MR) is 104 cm³/mol. The number of anilines is 2. The Kier molecular flexibility index (Phi) is 5.49. The lowest BCUT2D eigenvalue weighted by molar-refractivity contribution is -0.117. The molecule has 0 aromatic heterocycles. The van der Waals surface area contributed by atoms with Gasteiger partial charge >= 0.3 is 6.03 Å². The molecular formula is C20H23N3O4. The summed E-state index contributed by atoms with van der Waals surface area (Å²) in [6.45, 7) is 2.38. The molecule has 1 saturated heterocycles. The molecule has 1 aliphatic rings. The van der Waals surface area contributed by atoms with E-state index in [1.807, 2.05) is 31.2 Å². The highest BCUT2D eigenvalue weighted by Crippen LogP contribution is 2.33. The molecule has 1 aliphatic heterocycles. The molecule has 2 N–H and O–H groups in total. The van der Waals surface area contributed by atoms with Crippen LogP contribution in [0.1, 0.15) is 12.0 Å². The summed E-state index contributed by atoms with van der Waals surface area (Å²) in [7, 11) is 3.11. The minimum absolute atomic E-state index is 0.0529. The molecule has 0 saturated carbocycles. The molecule has 2 aromatic carbocycles. The van der Waals surface area contributed by atoms with E-state index in [1.165, 1.54) is 0 Å². The zero-order chi connectivity index (χ0) is 19.4. The van der Waals surface area contributed by atoms with Crippen LogP contribution >= 0.6 is 0 Å². The molecule has 3 rings (SSSR count). The molecule has 1 atom stereocenters. The van der Waals surface area contributed by atoms with Crippen molar-refractivity contribution < 1.29 is 19.1 Å². The molecule has 1 fully saturated rings. The molecule has 7 heteroatoms. The molecule has 0 unspecified atom stereocenters. The standard InChI is InChI=1S/C20H23N3O4/c1-13-4-6-14(7-5-13)21-20(25)22-15-10-19(24)23(12-15)16-8-9-17(26-2)18(11-16)27-3/h4-9,11,15H,10,12H2,1-3H3,(H2,21,22,25)/t15-/m1/s1. The van der Waals surface area contributed by atoms with Crippen molar-refractivity contribution in [3.8, 4) is 11.5 Å². The Bertz CT molecular complexity index is 836. The third-order valence-corrected chi connectivity index (χ3v) is 4.45. The van der Waals surface area contributed by atoms with Gasteiger partial charge in [0.05, 0.1) is 20.3 Å². The van der Waals surface area contributed by atoms with Crippen LogP contribution in [0.4, 0.5) is 16.2 Å². The quantitative estimate of drug-likeness (QED) is 0.849. The highest BCUT2D eigenvalue weighted by atomic mass is 16.5. The number of hydrogen-bond donors (Lipinski definition) is 2. The number of nitrogens with one attached hydrogen (secondary N) is 2. The maximum absolute atomic E-state index is 12.4. The van der Waals surface area contributed by atoms with Crippen LogP contribution in [-0.2, 0) is 4.79 Å². The van der Waals surface area contributed by atoms with Crippen molar-refractivity contribution in [2.45, 2.75) is 19.4 Å². The van der Waals surface area contributed by atoms with Gasteiger partial charge in [-0.3, -0.25) is 4.79 Å². The summed E-state index contributed by atoms with van der Waals surface area (Å²) in [5, 5.41) is 5.64. The van der Waals surface area contributed by atoms with E-state index in [2.05, 4.69) is 10.6 Å². The molecule has 0 bridgehead atoms. The first-order chi connectivity index (χ1) is 13.0. The SMILES string of the molecule is COc1ccc(N2C[C@H](NC(=O)Nc3ccc(C)cc3)CC2=O)cc1OC. The van der Waals surface area contributed by atoms with Crippen LogP contribution in [0.15, 0.2) is 42.5 Å². The van der Waals surface area contributed by atoms with Gasteiger partial charge in [-0.25, -0.2) is 4.79 Å². The Morgan fingerprint density at radius 3 is 2.44 bits per heavy atom. The summed E-state index contributed by atoms with van der Waals surface area (Å²) in [4.78, 5) is 26.2. The van der Waals surface area contributed by atoms with Crippen molar-refractivity contribution in [3.63, 3.8) is 0 Å². The molecule has 7 nitrogen and oxygen atoms in total. The second kappa shape index (κ2) is 7.99.